The van der Waals surface area contributed by atoms with Gasteiger partial charge in [-0.05, 0) is 82.8 Å². The van der Waals surface area contributed by atoms with Gasteiger partial charge in [0.1, 0.15) is 0 Å². The van der Waals surface area contributed by atoms with Gasteiger partial charge >= 0.3 is 0 Å². The maximum absolute atomic E-state index is 9.24. The molecular formula is C36H28N2. The summed E-state index contributed by atoms with van der Waals surface area (Å²) in [6.45, 7) is 2.29. The minimum Gasteiger partial charge on any atom is -0.332 e. The fraction of sp³-hybridized carbons (Fsp3) is 0.0833. The molecule has 1 unspecified atom stereocenters. The van der Waals surface area contributed by atoms with E-state index in [1.807, 2.05) is 24.3 Å². The molecule has 38 heavy (non-hydrogen) atoms. The summed E-state index contributed by atoms with van der Waals surface area (Å²) >= 11 is 0. The fourth-order valence-electron chi connectivity index (χ4n) is 5.53. The predicted octanol–water partition coefficient (Wildman–Crippen LogP) is 9.46. The Kier molecular flexibility index (Phi) is 6.12. The van der Waals surface area contributed by atoms with Gasteiger partial charge in [0.2, 0.25) is 0 Å². The second kappa shape index (κ2) is 9.88. The topological polar surface area (TPSA) is 27.0 Å². The highest BCUT2D eigenvalue weighted by Gasteiger charge is 2.30. The Hall–Kier alpha value is -4.87. The van der Waals surface area contributed by atoms with Crippen LogP contribution in [0, 0.1) is 11.3 Å². The number of anilines is 2. The molecule has 1 aliphatic carbocycles. The van der Waals surface area contributed by atoms with Crippen LogP contribution in [0.1, 0.15) is 18.9 Å². The molecule has 0 radical (unpaired) electrons. The van der Waals surface area contributed by atoms with E-state index in [0.717, 1.165) is 17.7 Å². The van der Waals surface area contributed by atoms with E-state index in [1.165, 1.54) is 33.2 Å². The molecule has 182 valence electrons. The average Bonchev–Trinajstić information content (AvgIpc) is 2.98. The van der Waals surface area contributed by atoms with Crippen molar-refractivity contribution in [3.05, 3.63) is 145 Å². The summed E-state index contributed by atoms with van der Waals surface area (Å²) in [7, 11) is 0. The molecule has 0 aromatic heterocycles. The Bertz CT molecular complexity index is 1680. The maximum atomic E-state index is 9.24. The molecular weight excluding hydrogens is 460 g/mol. The number of hydrogen-bond acceptors (Lipinski definition) is 2. The van der Waals surface area contributed by atoms with Crippen LogP contribution >= 0.6 is 0 Å². The van der Waals surface area contributed by atoms with Crippen molar-refractivity contribution >= 4 is 22.1 Å². The summed E-state index contributed by atoms with van der Waals surface area (Å²) in [6.07, 6.45) is 9.75. The highest BCUT2D eigenvalue weighted by Crippen LogP contribution is 2.40. The lowest BCUT2D eigenvalue weighted by Gasteiger charge is -2.41. The molecule has 0 saturated carbocycles. The SMILES string of the molecule is CC1(N(c2ccccc2)c2ccc(-c3cccc4cccc(-c5ccc(C#N)cc5)c34)cc2)C=CC=CC1. The highest BCUT2D eigenvalue weighted by atomic mass is 15.2. The number of nitrogens with zero attached hydrogens (tertiary/aromatic N) is 2. The van der Waals surface area contributed by atoms with Crippen molar-refractivity contribution in [1.29, 1.82) is 5.26 Å². The molecule has 0 heterocycles. The number of para-hydroxylation sites is 1. The largest absolute Gasteiger partial charge is 0.332 e. The van der Waals surface area contributed by atoms with Crippen LogP contribution in [0.4, 0.5) is 11.4 Å². The molecule has 0 spiro atoms. The van der Waals surface area contributed by atoms with Crippen molar-refractivity contribution in [1.82, 2.24) is 0 Å². The monoisotopic (exact) mass is 488 g/mol. The molecule has 0 N–H and O–H groups in total. The number of benzene rings is 5. The lowest BCUT2D eigenvalue weighted by atomic mass is 9.89. The van der Waals surface area contributed by atoms with Gasteiger partial charge in [0.05, 0.1) is 17.2 Å². The zero-order chi connectivity index (χ0) is 26.0. The zero-order valence-electron chi connectivity index (χ0n) is 21.4. The standard InChI is InChI=1S/C36H28N2/c1-36(24-6-3-7-25-36)38(31-12-4-2-5-13-31)32-22-20-29(21-23-32)34-15-9-11-30-10-8-14-33(35(30)34)28-18-16-27(26-37)17-19-28/h2-24H,25H2,1H3. The van der Waals surface area contributed by atoms with E-state index >= 15 is 0 Å². The summed E-state index contributed by atoms with van der Waals surface area (Å²) < 4.78 is 0. The summed E-state index contributed by atoms with van der Waals surface area (Å²) in [6, 6.07) is 42.6. The molecule has 0 bridgehead atoms. The van der Waals surface area contributed by atoms with Gasteiger partial charge < -0.3 is 4.90 Å². The molecule has 0 saturated heterocycles. The van der Waals surface area contributed by atoms with Gasteiger partial charge in [0, 0.05) is 11.4 Å². The molecule has 2 heteroatoms. The van der Waals surface area contributed by atoms with Gasteiger partial charge in [-0.15, -0.1) is 0 Å². The molecule has 5 aromatic carbocycles. The Balaban J connectivity index is 1.45. The lowest BCUT2D eigenvalue weighted by Crippen LogP contribution is -2.42. The van der Waals surface area contributed by atoms with Crippen molar-refractivity contribution in [2.75, 3.05) is 4.90 Å². The van der Waals surface area contributed by atoms with Crippen molar-refractivity contribution in [2.24, 2.45) is 0 Å². The quantitative estimate of drug-likeness (QED) is 0.246. The minimum atomic E-state index is -0.153. The molecule has 5 aromatic rings. The van der Waals surface area contributed by atoms with Gasteiger partial charge in [0.25, 0.3) is 0 Å². The number of hydrogen-bond donors (Lipinski definition) is 0. The van der Waals surface area contributed by atoms with Crippen molar-refractivity contribution in [3.63, 3.8) is 0 Å². The third-order valence-corrected chi connectivity index (χ3v) is 7.43. The molecule has 0 fully saturated rings. The molecule has 2 nitrogen and oxygen atoms in total. The molecule has 1 atom stereocenters. The summed E-state index contributed by atoms with van der Waals surface area (Å²) in [5, 5.41) is 11.7. The maximum Gasteiger partial charge on any atom is 0.0991 e. The van der Waals surface area contributed by atoms with E-state index in [2.05, 4.69) is 133 Å². The van der Waals surface area contributed by atoms with Crippen molar-refractivity contribution in [2.45, 2.75) is 18.9 Å². The third kappa shape index (κ3) is 4.29. The first-order chi connectivity index (χ1) is 18.7. The van der Waals surface area contributed by atoms with Crippen molar-refractivity contribution in [3.8, 4) is 28.3 Å². The Morgan fingerprint density at radius 2 is 1.26 bits per heavy atom. The highest BCUT2D eigenvalue weighted by molar-refractivity contribution is 6.06. The number of fused-ring (bicyclic) bond motifs is 1. The first-order valence-corrected chi connectivity index (χ1v) is 13.0. The normalized spacial score (nSPS) is 16.3. The summed E-state index contributed by atoms with van der Waals surface area (Å²) in [5.41, 5.74) is 7.52. The van der Waals surface area contributed by atoms with E-state index in [0.29, 0.717) is 5.56 Å². The Labute approximate surface area is 224 Å². The first kappa shape index (κ1) is 23.5. The van der Waals surface area contributed by atoms with Crippen LogP contribution in [-0.4, -0.2) is 5.54 Å². The third-order valence-electron chi connectivity index (χ3n) is 7.43. The van der Waals surface area contributed by atoms with Crippen LogP contribution in [0.5, 0.6) is 0 Å². The van der Waals surface area contributed by atoms with Gasteiger partial charge in [-0.25, -0.2) is 0 Å². The van der Waals surface area contributed by atoms with E-state index in [1.54, 1.807) is 0 Å². The predicted molar refractivity (Wildman–Crippen MR) is 159 cm³/mol. The van der Waals surface area contributed by atoms with E-state index in [-0.39, 0.29) is 5.54 Å². The van der Waals surface area contributed by atoms with Gasteiger partial charge in [-0.3, -0.25) is 0 Å². The van der Waals surface area contributed by atoms with Crippen LogP contribution in [0.2, 0.25) is 0 Å². The van der Waals surface area contributed by atoms with Crippen molar-refractivity contribution < 1.29 is 0 Å². The number of rotatable bonds is 5. The Morgan fingerprint density at radius 1 is 0.658 bits per heavy atom. The van der Waals surface area contributed by atoms with Crippen LogP contribution in [-0.2, 0) is 0 Å². The minimum absolute atomic E-state index is 0.153. The summed E-state index contributed by atoms with van der Waals surface area (Å²) in [5.74, 6) is 0. The Morgan fingerprint density at radius 3 is 1.84 bits per heavy atom. The van der Waals surface area contributed by atoms with Crippen LogP contribution in [0.15, 0.2) is 140 Å². The zero-order valence-corrected chi connectivity index (χ0v) is 21.4. The fourth-order valence-corrected chi connectivity index (χ4v) is 5.53. The summed E-state index contributed by atoms with van der Waals surface area (Å²) in [4.78, 5) is 2.43. The molecule has 0 amide bonds. The lowest BCUT2D eigenvalue weighted by molar-refractivity contribution is 0.570. The van der Waals surface area contributed by atoms with E-state index in [9.17, 15) is 5.26 Å². The van der Waals surface area contributed by atoms with Crippen LogP contribution in [0.25, 0.3) is 33.0 Å². The van der Waals surface area contributed by atoms with Gasteiger partial charge in [-0.2, -0.15) is 5.26 Å². The molecule has 1 aliphatic rings. The second-order valence-corrected chi connectivity index (χ2v) is 9.96. The van der Waals surface area contributed by atoms with Crippen LogP contribution in [0.3, 0.4) is 0 Å². The van der Waals surface area contributed by atoms with Gasteiger partial charge in [-0.1, -0.05) is 103 Å². The van der Waals surface area contributed by atoms with Gasteiger partial charge in [0.15, 0.2) is 0 Å². The number of allylic oxidation sites excluding steroid dienone is 2. The number of nitriles is 1. The molecule has 6 rings (SSSR count). The smallest absolute Gasteiger partial charge is 0.0991 e. The van der Waals surface area contributed by atoms with E-state index in [4.69, 9.17) is 0 Å². The first-order valence-electron chi connectivity index (χ1n) is 13.0. The van der Waals surface area contributed by atoms with E-state index < -0.39 is 0 Å². The van der Waals surface area contributed by atoms with Crippen LogP contribution < -0.4 is 4.90 Å². The second-order valence-electron chi connectivity index (χ2n) is 9.96. The average molecular weight is 489 g/mol. The molecule has 0 aliphatic heterocycles.